The quantitative estimate of drug-likeness (QED) is 0.433. The van der Waals surface area contributed by atoms with Gasteiger partial charge >= 0.3 is 0 Å². The Morgan fingerprint density at radius 1 is 1.33 bits per heavy atom. The highest BCUT2D eigenvalue weighted by molar-refractivity contribution is 5.08. The van der Waals surface area contributed by atoms with Crippen LogP contribution in [0.2, 0.25) is 0 Å². The van der Waals surface area contributed by atoms with Crippen LogP contribution in [0.4, 0.5) is 0 Å². The van der Waals surface area contributed by atoms with Crippen LogP contribution in [-0.2, 0) is 0 Å². The minimum absolute atomic E-state index is 0.764. The number of hydrogen-bond acceptors (Lipinski definition) is 0. The van der Waals surface area contributed by atoms with E-state index in [0.29, 0.717) is 0 Å². The van der Waals surface area contributed by atoms with Crippen molar-refractivity contribution in [3.05, 3.63) is 12.2 Å². The molecule has 0 nitrogen and oxygen atoms in total. The van der Waals surface area contributed by atoms with Gasteiger partial charge < -0.3 is 0 Å². The van der Waals surface area contributed by atoms with E-state index in [0.717, 1.165) is 11.3 Å². The third kappa shape index (κ3) is 0.593. The van der Waals surface area contributed by atoms with Gasteiger partial charge in [0.05, 0.1) is 0 Å². The molecule has 0 bridgehead atoms. The molecule has 1 spiro atoms. The molecule has 0 saturated heterocycles. The van der Waals surface area contributed by atoms with Gasteiger partial charge in [-0.15, -0.1) is 0 Å². The highest BCUT2D eigenvalue weighted by Gasteiger charge is 2.43. The largest absolute Gasteiger partial charge is 0.0879 e. The Hall–Kier alpha value is -0.260. The van der Waals surface area contributed by atoms with Crippen LogP contribution in [0.5, 0.6) is 0 Å². The van der Waals surface area contributed by atoms with Gasteiger partial charge in [0.1, 0.15) is 0 Å². The zero-order valence-electron chi connectivity index (χ0n) is 6.06. The fourth-order valence-electron chi connectivity index (χ4n) is 2.17. The summed E-state index contributed by atoms with van der Waals surface area (Å²) in [4.78, 5) is 0. The van der Waals surface area contributed by atoms with Crippen LogP contribution in [0.1, 0.15) is 32.6 Å². The Kier molecular flexibility index (Phi) is 0.992. The van der Waals surface area contributed by atoms with E-state index in [-0.39, 0.29) is 0 Å². The van der Waals surface area contributed by atoms with Gasteiger partial charge in [0.25, 0.3) is 0 Å². The van der Waals surface area contributed by atoms with Crippen molar-refractivity contribution in [3.63, 3.8) is 0 Å². The first-order valence-corrected chi connectivity index (χ1v) is 3.98. The molecule has 2 aliphatic rings. The molecule has 0 aromatic rings. The van der Waals surface area contributed by atoms with Gasteiger partial charge in [-0.3, -0.25) is 0 Å². The molecule has 1 fully saturated rings. The highest BCUT2D eigenvalue weighted by Crippen LogP contribution is 2.54. The molecule has 1 saturated carbocycles. The van der Waals surface area contributed by atoms with Gasteiger partial charge in [-0.05, 0) is 37.0 Å². The maximum absolute atomic E-state index is 2.40. The second-order valence-electron chi connectivity index (χ2n) is 3.68. The molecule has 0 aliphatic heterocycles. The first kappa shape index (κ1) is 5.52. The Morgan fingerprint density at radius 3 is 2.22 bits per heavy atom. The summed E-state index contributed by atoms with van der Waals surface area (Å²) in [5.41, 5.74) is 0.764. The normalized spacial score (nSPS) is 37.2. The van der Waals surface area contributed by atoms with Gasteiger partial charge in [0.15, 0.2) is 0 Å². The molecule has 0 radical (unpaired) electrons. The molecule has 0 heteroatoms. The first-order valence-electron chi connectivity index (χ1n) is 3.98. The summed E-state index contributed by atoms with van der Waals surface area (Å²) >= 11 is 0. The monoisotopic (exact) mass is 122 g/mol. The van der Waals surface area contributed by atoms with Crippen molar-refractivity contribution in [2.75, 3.05) is 0 Å². The summed E-state index contributed by atoms with van der Waals surface area (Å²) in [6.45, 7) is 2.40. The molecule has 1 atom stereocenters. The summed E-state index contributed by atoms with van der Waals surface area (Å²) in [5.74, 6) is 1.01. The molecule has 2 rings (SSSR count). The predicted octanol–water partition coefficient (Wildman–Crippen LogP) is 2.75. The number of allylic oxidation sites excluding steroid dienone is 2. The summed E-state index contributed by atoms with van der Waals surface area (Å²) in [6, 6.07) is 0. The maximum Gasteiger partial charge on any atom is -0.0203 e. The number of rotatable bonds is 0. The lowest BCUT2D eigenvalue weighted by Gasteiger charge is -2.45. The maximum atomic E-state index is 2.40. The van der Waals surface area contributed by atoms with Gasteiger partial charge in [0.2, 0.25) is 0 Å². The molecular formula is C9H14. The lowest BCUT2D eigenvalue weighted by atomic mass is 9.59. The number of hydrogen-bond donors (Lipinski definition) is 0. The van der Waals surface area contributed by atoms with E-state index >= 15 is 0 Å². The molecule has 1 unspecified atom stereocenters. The summed E-state index contributed by atoms with van der Waals surface area (Å²) in [7, 11) is 0. The van der Waals surface area contributed by atoms with Crippen LogP contribution < -0.4 is 0 Å². The zero-order valence-corrected chi connectivity index (χ0v) is 6.06. The molecule has 0 amide bonds. The average Bonchev–Trinajstić information content (AvgIpc) is 2.34. The van der Waals surface area contributed by atoms with Crippen molar-refractivity contribution < 1.29 is 0 Å². The van der Waals surface area contributed by atoms with Crippen molar-refractivity contribution in [2.24, 2.45) is 11.3 Å². The van der Waals surface area contributed by atoms with Crippen LogP contribution in [0.3, 0.4) is 0 Å². The van der Waals surface area contributed by atoms with Crippen molar-refractivity contribution in [1.82, 2.24) is 0 Å². The van der Waals surface area contributed by atoms with Gasteiger partial charge in [-0.1, -0.05) is 19.1 Å². The van der Waals surface area contributed by atoms with E-state index in [1.54, 1.807) is 0 Å². The molecule has 0 N–H and O–H groups in total. The highest BCUT2D eigenvalue weighted by atomic mass is 14.5. The van der Waals surface area contributed by atoms with E-state index in [2.05, 4.69) is 19.1 Å². The summed E-state index contributed by atoms with van der Waals surface area (Å²) in [6.07, 6.45) is 10.4. The summed E-state index contributed by atoms with van der Waals surface area (Å²) in [5, 5.41) is 0. The smallest absolute Gasteiger partial charge is 0.0203 e. The fourth-order valence-corrected chi connectivity index (χ4v) is 2.17. The van der Waals surface area contributed by atoms with Crippen molar-refractivity contribution in [2.45, 2.75) is 32.6 Å². The lowest BCUT2D eigenvalue weighted by molar-refractivity contribution is 0.0591. The lowest BCUT2D eigenvalue weighted by Crippen LogP contribution is -2.35. The van der Waals surface area contributed by atoms with Crippen LogP contribution in [0.15, 0.2) is 12.2 Å². The average molecular weight is 122 g/mol. The van der Waals surface area contributed by atoms with Crippen LogP contribution in [0, 0.1) is 11.3 Å². The molecule has 9 heavy (non-hydrogen) atoms. The molecule has 0 aromatic heterocycles. The first-order chi connectivity index (χ1) is 4.33. The van der Waals surface area contributed by atoms with E-state index < -0.39 is 0 Å². The second-order valence-corrected chi connectivity index (χ2v) is 3.68. The van der Waals surface area contributed by atoms with Crippen LogP contribution in [-0.4, -0.2) is 0 Å². The van der Waals surface area contributed by atoms with E-state index in [9.17, 15) is 0 Å². The van der Waals surface area contributed by atoms with E-state index in [4.69, 9.17) is 0 Å². The van der Waals surface area contributed by atoms with Crippen molar-refractivity contribution in [1.29, 1.82) is 0 Å². The molecule has 0 aromatic carbocycles. The SMILES string of the molecule is CC1CCC12CC=CC2. The minimum atomic E-state index is 0.764. The van der Waals surface area contributed by atoms with Crippen molar-refractivity contribution in [3.8, 4) is 0 Å². The molecule has 50 valence electrons. The standard InChI is InChI=1S/C9H14/c1-8-4-7-9(8)5-2-3-6-9/h2-3,8H,4-7H2,1H3. The van der Waals surface area contributed by atoms with E-state index in [1.807, 2.05) is 0 Å². The second kappa shape index (κ2) is 1.62. The minimum Gasteiger partial charge on any atom is -0.0879 e. The Balaban J connectivity index is 2.09. The van der Waals surface area contributed by atoms with Gasteiger partial charge in [-0.2, -0.15) is 0 Å². The molecule has 0 heterocycles. The summed E-state index contributed by atoms with van der Waals surface area (Å²) < 4.78 is 0. The fraction of sp³-hybridized carbons (Fsp3) is 0.778. The third-order valence-electron chi connectivity index (χ3n) is 3.34. The Labute approximate surface area is 57.0 Å². The Bertz CT molecular complexity index is 136. The van der Waals surface area contributed by atoms with Crippen LogP contribution in [0.25, 0.3) is 0 Å². The molecular weight excluding hydrogens is 108 g/mol. The van der Waals surface area contributed by atoms with Gasteiger partial charge in [-0.25, -0.2) is 0 Å². The zero-order chi connectivity index (χ0) is 6.32. The van der Waals surface area contributed by atoms with Crippen molar-refractivity contribution >= 4 is 0 Å². The van der Waals surface area contributed by atoms with Crippen LogP contribution >= 0.6 is 0 Å². The Morgan fingerprint density at radius 2 is 2.00 bits per heavy atom. The predicted molar refractivity (Wildman–Crippen MR) is 39.2 cm³/mol. The third-order valence-corrected chi connectivity index (χ3v) is 3.34. The molecule has 2 aliphatic carbocycles. The van der Waals surface area contributed by atoms with E-state index in [1.165, 1.54) is 25.7 Å². The van der Waals surface area contributed by atoms with Gasteiger partial charge in [0, 0.05) is 0 Å². The topological polar surface area (TPSA) is 0 Å².